The molecule has 1 aromatic carbocycles. The molecule has 4 unspecified atom stereocenters. The van der Waals surface area contributed by atoms with Crippen LogP contribution in [0.15, 0.2) is 24.8 Å². The van der Waals surface area contributed by atoms with Gasteiger partial charge in [0.1, 0.15) is 5.75 Å². The Balaban J connectivity index is 1.83. The first-order valence-electron chi connectivity index (χ1n) is 10.5. The van der Waals surface area contributed by atoms with Crippen molar-refractivity contribution in [2.45, 2.75) is 68.9 Å². The minimum absolute atomic E-state index is 0.211. The molecule has 3 aliphatic carbocycles. The van der Waals surface area contributed by atoms with E-state index in [0.717, 1.165) is 19.0 Å². The lowest BCUT2D eigenvalue weighted by atomic mass is 9.50. The highest BCUT2D eigenvalue weighted by Crippen LogP contribution is 2.60. The Morgan fingerprint density at radius 2 is 2.08 bits per heavy atom. The van der Waals surface area contributed by atoms with Crippen LogP contribution in [-0.4, -0.2) is 23.9 Å². The van der Waals surface area contributed by atoms with E-state index in [-0.39, 0.29) is 5.41 Å². The SMILES string of the molecule is C=CCNCC[C@]12c3c(ccc(O)c3C3CC3)CCC1CCC(P)C2C. The van der Waals surface area contributed by atoms with Crippen LogP contribution in [0, 0.1) is 11.8 Å². The van der Waals surface area contributed by atoms with Gasteiger partial charge in [-0.25, -0.2) is 0 Å². The molecule has 0 aromatic heterocycles. The molecule has 2 nitrogen and oxygen atoms in total. The summed E-state index contributed by atoms with van der Waals surface area (Å²) in [7, 11) is 3.15. The minimum atomic E-state index is 0.211. The normalized spacial score (nSPS) is 33.4. The maximum atomic E-state index is 10.8. The average molecular weight is 372 g/mol. The number of rotatable bonds is 6. The Bertz CT molecular complexity index is 683. The van der Waals surface area contributed by atoms with Crippen molar-refractivity contribution < 1.29 is 5.11 Å². The third kappa shape index (κ3) is 2.94. The highest BCUT2D eigenvalue weighted by molar-refractivity contribution is 7.17. The summed E-state index contributed by atoms with van der Waals surface area (Å²) in [5.41, 5.74) is 5.29. The van der Waals surface area contributed by atoms with Crippen molar-refractivity contribution in [3.05, 3.63) is 41.5 Å². The van der Waals surface area contributed by atoms with Gasteiger partial charge in [-0.15, -0.1) is 15.8 Å². The molecule has 0 heterocycles. The van der Waals surface area contributed by atoms with E-state index in [9.17, 15) is 5.11 Å². The number of hydrogen-bond donors (Lipinski definition) is 2. The first-order chi connectivity index (χ1) is 12.6. The summed E-state index contributed by atoms with van der Waals surface area (Å²) in [4.78, 5) is 0. The standard InChI is InChI=1S/C23H34NOP/c1-3-13-24-14-12-23-15(2)20(26)11-9-18(23)8-6-17-7-10-19(25)21(22(17)23)16-4-5-16/h3,7,10,15-16,18,20,24-25H,1,4-6,8-9,11-14,26H2,2H3/t15?,18?,20?,23-/m1/s1. The summed E-state index contributed by atoms with van der Waals surface area (Å²) >= 11 is 0. The molecule has 26 heavy (non-hydrogen) atoms. The van der Waals surface area contributed by atoms with Crippen LogP contribution in [0.5, 0.6) is 5.75 Å². The van der Waals surface area contributed by atoms with Crippen molar-refractivity contribution in [2.75, 3.05) is 13.1 Å². The van der Waals surface area contributed by atoms with Crippen molar-refractivity contribution in [2.24, 2.45) is 11.8 Å². The number of fused-ring (bicyclic) bond motifs is 3. The Morgan fingerprint density at radius 1 is 1.27 bits per heavy atom. The lowest BCUT2D eigenvalue weighted by molar-refractivity contribution is 0.0908. The van der Waals surface area contributed by atoms with Gasteiger partial charge in [0.15, 0.2) is 0 Å². The van der Waals surface area contributed by atoms with Crippen molar-refractivity contribution in [1.82, 2.24) is 5.32 Å². The quantitative estimate of drug-likeness (QED) is 0.423. The molecule has 5 atom stereocenters. The number of aromatic hydroxyl groups is 1. The molecule has 2 saturated carbocycles. The highest BCUT2D eigenvalue weighted by atomic mass is 31.0. The van der Waals surface area contributed by atoms with E-state index in [1.54, 1.807) is 5.56 Å². The van der Waals surface area contributed by atoms with Gasteiger partial charge >= 0.3 is 0 Å². The van der Waals surface area contributed by atoms with Gasteiger partial charge in [-0.05, 0) is 92.1 Å². The largest absolute Gasteiger partial charge is 0.508 e. The van der Waals surface area contributed by atoms with E-state index in [1.807, 2.05) is 12.1 Å². The molecule has 0 saturated heterocycles. The lowest BCUT2D eigenvalue weighted by Gasteiger charge is -2.56. The number of nitrogens with one attached hydrogen (secondary N) is 1. The molecule has 142 valence electrons. The van der Waals surface area contributed by atoms with Gasteiger partial charge < -0.3 is 10.4 Å². The second-order valence-electron chi connectivity index (χ2n) is 8.86. The van der Waals surface area contributed by atoms with E-state index in [1.165, 1.54) is 56.1 Å². The molecule has 0 amide bonds. The van der Waals surface area contributed by atoms with Crippen molar-refractivity contribution in [3.63, 3.8) is 0 Å². The Labute approximate surface area is 161 Å². The molecule has 1 aromatic rings. The third-order valence-electron chi connectivity index (χ3n) is 7.56. The highest BCUT2D eigenvalue weighted by Gasteiger charge is 2.53. The predicted octanol–water partition coefficient (Wildman–Crippen LogP) is 4.91. The van der Waals surface area contributed by atoms with Crippen LogP contribution in [0.3, 0.4) is 0 Å². The summed E-state index contributed by atoms with van der Waals surface area (Å²) in [6.45, 7) is 8.23. The zero-order chi connectivity index (χ0) is 18.3. The topological polar surface area (TPSA) is 32.3 Å². The van der Waals surface area contributed by atoms with E-state index in [0.29, 0.717) is 23.2 Å². The van der Waals surface area contributed by atoms with Gasteiger partial charge in [-0.2, -0.15) is 0 Å². The van der Waals surface area contributed by atoms with Gasteiger partial charge in [-0.1, -0.05) is 19.1 Å². The van der Waals surface area contributed by atoms with Crippen molar-refractivity contribution >= 4 is 9.24 Å². The lowest BCUT2D eigenvalue weighted by Crippen LogP contribution is -2.52. The van der Waals surface area contributed by atoms with Gasteiger partial charge in [0.2, 0.25) is 0 Å². The van der Waals surface area contributed by atoms with E-state index >= 15 is 0 Å². The molecule has 4 rings (SSSR count). The maximum Gasteiger partial charge on any atom is 0.119 e. The molecule has 3 heteroatoms. The molecule has 3 aliphatic rings. The van der Waals surface area contributed by atoms with Crippen LogP contribution < -0.4 is 5.32 Å². The monoisotopic (exact) mass is 371 g/mol. The minimum Gasteiger partial charge on any atom is -0.508 e. The number of phenolic OH excluding ortho intramolecular Hbond substituents is 1. The zero-order valence-corrected chi connectivity index (χ0v) is 17.3. The van der Waals surface area contributed by atoms with Gasteiger partial charge in [0.05, 0.1) is 0 Å². The molecule has 2 fully saturated rings. The first-order valence-corrected chi connectivity index (χ1v) is 11.2. The van der Waals surface area contributed by atoms with Crippen LogP contribution in [0.4, 0.5) is 0 Å². The smallest absolute Gasteiger partial charge is 0.119 e. The number of benzene rings is 1. The van der Waals surface area contributed by atoms with Crippen molar-refractivity contribution in [3.8, 4) is 5.75 Å². The fourth-order valence-electron chi connectivity index (χ4n) is 6.07. The Hall–Kier alpha value is -0.850. The zero-order valence-electron chi connectivity index (χ0n) is 16.1. The summed E-state index contributed by atoms with van der Waals surface area (Å²) in [5, 5.41) is 14.4. The van der Waals surface area contributed by atoms with E-state index in [4.69, 9.17) is 0 Å². The van der Waals surface area contributed by atoms with Crippen LogP contribution in [-0.2, 0) is 11.8 Å². The van der Waals surface area contributed by atoms with Gasteiger partial charge in [0.25, 0.3) is 0 Å². The number of aryl methyl sites for hydroxylation is 1. The van der Waals surface area contributed by atoms with Gasteiger partial charge in [-0.3, -0.25) is 0 Å². The second kappa shape index (κ2) is 7.28. The van der Waals surface area contributed by atoms with Crippen LogP contribution >= 0.6 is 9.24 Å². The summed E-state index contributed by atoms with van der Waals surface area (Å²) in [5.74, 6) is 2.55. The van der Waals surface area contributed by atoms with Crippen LogP contribution in [0.1, 0.15) is 68.1 Å². The summed E-state index contributed by atoms with van der Waals surface area (Å²) in [6, 6.07) is 4.20. The molecular formula is C23H34NOP. The summed E-state index contributed by atoms with van der Waals surface area (Å²) < 4.78 is 0. The molecule has 0 spiro atoms. The molecule has 0 aliphatic heterocycles. The second-order valence-corrected chi connectivity index (χ2v) is 9.71. The molecule has 0 radical (unpaired) electrons. The van der Waals surface area contributed by atoms with Crippen LogP contribution in [0.2, 0.25) is 0 Å². The predicted molar refractivity (Wildman–Crippen MR) is 113 cm³/mol. The Kier molecular flexibility index (Phi) is 5.19. The maximum absolute atomic E-state index is 10.8. The molecule has 2 N–H and O–H groups in total. The van der Waals surface area contributed by atoms with Gasteiger partial charge in [0, 0.05) is 17.5 Å². The van der Waals surface area contributed by atoms with Crippen molar-refractivity contribution in [1.29, 1.82) is 0 Å². The molecule has 0 bridgehead atoms. The molecular weight excluding hydrogens is 337 g/mol. The Morgan fingerprint density at radius 3 is 2.81 bits per heavy atom. The number of phenols is 1. The van der Waals surface area contributed by atoms with E-state index < -0.39 is 0 Å². The van der Waals surface area contributed by atoms with E-state index in [2.05, 4.69) is 34.1 Å². The average Bonchev–Trinajstić information content (AvgIpc) is 3.47. The number of hydrogen-bond acceptors (Lipinski definition) is 2. The fraction of sp³-hybridized carbons (Fsp3) is 0.652. The third-order valence-corrected chi connectivity index (χ3v) is 8.47. The fourth-order valence-corrected chi connectivity index (χ4v) is 6.61. The van der Waals surface area contributed by atoms with Crippen LogP contribution in [0.25, 0.3) is 0 Å². The summed E-state index contributed by atoms with van der Waals surface area (Å²) in [6.07, 6.45) is 10.8. The first kappa shape index (κ1) is 18.5.